The van der Waals surface area contributed by atoms with Crippen molar-refractivity contribution in [2.45, 2.75) is 96.8 Å². The fourth-order valence-electron chi connectivity index (χ4n) is 2.29. The zero-order chi connectivity index (χ0) is 12.6. The molecule has 4 nitrogen and oxygen atoms in total. The molecule has 0 aromatic heterocycles. The maximum atomic E-state index is 3.48. The van der Waals surface area contributed by atoms with Crippen LogP contribution in [0.15, 0.2) is 0 Å². The Hall–Kier alpha value is 0.320. The van der Waals surface area contributed by atoms with Crippen LogP contribution in [-0.4, -0.2) is 5.33 Å². The first-order chi connectivity index (χ1) is 8.41. The van der Waals surface area contributed by atoms with Gasteiger partial charge < -0.3 is 24.6 Å². The Kier molecular flexibility index (Phi) is 50.9. The van der Waals surface area contributed by atoms with Crippen LogP contribution in [0.3, 0.4) is 0 Å². The molecule has 0 bridgehead atoms. The van der Waals surface area contributed by atoms with Crippen LogP contribution in [0.25, 0.3) is 0 Å². The molecule has 0 unspecified atom stereocenters. The van der Waals surface area contributed by atoms with Gasteiger partial charge in [0.05, 0.1) is 0 Å². The maximum absolute atomic E-state index is 3.48. The van der Waals surface area contributed by atoms with Gasteiger partial charge in [0.1, 0.15) is 0 Å². The Labute approximate surface area is 143 Å². The van der Waals surface area contributed by atoms with Gasteiger partial charge in [-0.1, -0.05) is 106 Å². The minimum absolute atomic E-state index is 0. The van der Waals surface area contributed by atoms with E-state index in [2.05, 4.69) is 22.9 Å². The topological polar surface area (TPSA) is 140 Å². The third kappa shape index (κ3) is 33.3. The highest BCUT2D eigenvalue weighted by molar-refractivity contribution is 9.09. The number of unbranched alkanes of at least 4 members (excludes halogenated alkanes) is 13. The summed E-state index contributed by atoms with van der Waals surface area (Å²) in [5, 5.41) is 1.19. The van der Waals surface area contributed by atoms with Crippen molar-refractivity contribution in [3.05, 3.63) is 0 Å². The maximum Gasteiger partial charge on any atom is 0.00313 e. The van der Waals surface area contributed by atoms with Crippen LogP contribution >= 0.6 is 15.9 Å². The van der Waals surface area contributed by atoms with Crippen molar-refractivity contribution >= 4 is 15.9 Å². The van der Waals surface area contributed by atoms with Crippen molar-refractivity contribution in [3.8, 4) is 0 Å². The molecule has 0 heterocycles. The molecule has 0 rings (SSSR count). The Morgan fingerprint density at radius 1 is 0.429 bits per heavy atom. The molecule has 0 saturated heterocycles. The average molecular weight is 373 g/mol. The fraction of sp³-hybridized carbons (Fsp3) is 1.00. The molecule has 0 amide bonds. The van der Waals surface area contributed by atoms with Gasteiger partial charge >= 0.3 is 0 Å². The molecular weight excluding hydrogens is 328 g/mol. The first-order valence-corrected chi connectivity index (χ1v) is 9.10. The van der Waals surface area contributed by atoms with Crippen LogP contribution in [0.2, 0.25) is 0 Å². The van der Waals surface area contributed by atoms with Crippen LogP contribution in [-0.2, 0) is 0 Å². The summed E-state index contributed by atoms with van der Waals surface area (Å²) in [4.78, 5) is 0. The van der Waals surface area contributed by atoms with E-state index in [1.165, 1.54) is 95.2 Å². The molecule has 0 aliphatic carbocycles. The summed E-state index contributed by atoms with van der Waals surface area (Å²) in [6.45, 7) is 2.29. The van der Waals surface area contributed by atoms with E-state index in [0.717, 1.165) is 0 Å². The summed E-state index contributed by atoms with van der Waals surface area (Å²) in [5.41, 5.74) is 0. The van der Waals surface area contributed by atoms with E-state index in [-0.39, 0.29) is 24.6 Å². The normalized spacial score (nSPS) is 8.86. The third-order valence-electron chi connectivity index (χ3n) is 3.49. The molecule has 0 aromatic carbocycles. The average Bonchev–Trinajstić information content (AvgIpc) is 2.35. The lowest BCUT2D eigenvalue weighted by molar-refractivity contribution is 0.538. The molecule has 0 aliphatic heterocycles. The van der Waals surface area contributed by atoms with Gasteiger partial charge in [-0.15, -0.1) is 0 Å². The first kappa shape index (κ1) is 33.1. The minimum Gasteiger partial charge on any atom is -0.344 e. The number of alkyl halides is 1. The molecule has 0 atom stereocenters. The Morgan fingerprint density at radius 3 is 0.905 bits per heavy atom. The van der Waals surface area contributed by atoms with Crippen LogP contribution < -0.4 is 24.6 Å². The molecule has 12 N–H and O–H groups in total. The van der Waals surface area contributed by atoms with Gasteiger partial charge in [-0.25, -0.2) is 0 Å². The molecule has 0 spiro atoms. The highest BCUT2D eigenvalue weighted by Crippen LogP contribution is 2.12. The monoisotopic (exact) mass is 372 g/mol. The lowest BCUT2D eigenvalue weighted by Crippen LogP contribution is -1.83. The number of rotatable bonds is 14. The zero-order valence-corrected chi connectivity index (χ0v) is 16.4. The van der Waals surface area contributed by atoms with Gasteiger partial charge in [0.15, 0.2) is 0 Å². The standard InChI is InChI=1S/C16H33Br.4H3N/c1-2-3-4-5-6-7-8-9-10-11-12-13-14-15-16-17;;;;/h2-16H2,1H3;4*1H3. The Bertz CT molecular complexity index is 123. The van der Waals surface area contributed by atoms with E-state index in [9.17, 15) is 0 Å². The lowest BCUT2D eigenvalue weighted by atomic mass is 10.0. The van der Waals surface area contributed by atoms with Gasteiger partial charge in [-0.3, -0.25) is 0 Å². The van der Waals surface area contributed by atoms with Crippen molar-refractivity contribution in [1.82, 2.24) is 24.6 Å². The molecule has 0 aliphatic rings. The highest BCUT2D eigenvalue weighted by Gasteiger charge is 1.93. The number of hydrogen-bond acceptors (Lipinski definition) is 4. The molecule has 21 heavy (non-hydrogen) atoms. The Morgan fingerprint density at radius 2 is 0.667 bits per heavy atom. The van der Waals surface area contributed by atoms with E-state index in [1.54, 1.807) is 0 Å². The smallest absolute Gasteiger partial charge is 0.00313 e. The van der Waals surface area contributed by atoms with Crippen molar-refractivity contribution in [1.29, 1.82) is 0 Å². The number of halogens is 1. The van der Waals surface area contributed by atoms with Crippen molar-refractivity contribution in [2.75, 3.05) is 5.33 Å². The fourth-order valence-corrected chi connectivity index (χ4v) is 2.69. The SMILES string of the molecule is CCCCCCCCCCCCCCCCBr.N.N.N.N. The molecule has 0 saturated carbocycles. The largest absolute Gasteiger partial charge is 0.344 e. The summed E-state index contributed by atoms with van der Waals surface area (Å²) in [6, 6.07) is 0. The number of hydrogen-bond donors (Lipinski definition) is 4. The molecule has 136 valence electrons. The van der Waals surface area contributed by atoms with Crippen molar-refractivity contribution in [3.63, 3.8) is 0 Å². The van der Waals surface area contributed by atoms with Crippen molar-refractivity contribution in [2.24, 2.45) is 0 Å². The van der Waals surface area contributed by atoms with Gasteiger partial charge in [0.2, 0.25) is 0 Å². The van der Waals surface area contributed by atoms with Gasteiger partial charge in [-0.2, -0.15) is 0 Å². The van der Waals surface area contributed by atoms with Gasteiger partial charge in [0, 0.05) is 5.33 Å². The molecule has 5 heteroatoms. The van der Waals surface area contributed by atoms with Crippen LogP contribution in [0.5, 0.6) is 0 Å². The van der Waals surface area contributed by atoms with E-state index in [4.69, 9.17) is 0 Å². The second-order valence-corrected chi connectivity index (χ2v) is 6.08. The highest BCUT2D eigenvalue weighted by atomic mass is 79.9. The van der Waals surface area contributed by atoms with Gasteiger partial charge in [-0.05, 0) is 6.42 Å². The summed E-state index contributed by atoms with van der Waals surface area (Å²) >= 11 is 3.48. The predicted molar refractivity (Wildman–Crippen MR) is 104 cm³/mol. The molecule has 0 aromatic rings. The predicted octanol–water partition coefficient (Wildman–Crippen LogP) is 7.51. The van der Waals surface area contributed by atoms with Crippen LogP contribution in [0.1, 0.15) is 96.8 Å². The van der Waals surface area contributed by atoms with Crippen LogP contribution in [0, 0.1) is 0 Å². The van der Waals surface area contributed by atoms with E-state index >= 15 is 0 Å². The second-order valence-electron chi connectivity index (χ2n) is 5.29. The summed E-state index contributed by atoms with van der Waals surface area (Å²) in [7, 11) is 0. The summed E-state index contributed by atoms with van der Waals surface area (Å²) in [6.07, 6.45) is 20.3. The van der Waals surface area contributed by atoms with Crippen LogP contribution in [0.4, 0.5) is 0 Å². The molecule has 0 radical (unpaired) electrons. The Balaban J connectivity index is -0.000000213. The van der Waals surface area contributed by atoms with E-state index < -0.39 is 0 Å². The van der Waals surface area contributed by atoms with Crippen molar-refractivity contribution < 1.29 is 0 Å². The quantitative estimate of drug-likeness (QED) is 0.185. The molecule has 0 fully saturated rings. The van der Waals surface area contributed by atoms with Gasteiger partial charge in [0.25, 0.3) is 0 Å². The first-order valence-electron chi connectivity index (χ1n) is 7.97. The minimum atomic E-state index is 0. The summed E-state index contributed by atoms with van der Waals surface area (Å²) in [5.74, 6) is 0. The molecular formula is C16H45BrN4. The zero-order valence-electron chi connectivity index (χ0n) is 14.8. The second kappa shape index (κ2) is 32.3. The summed E-state index contributed by atoms with van der Waals surface area (Å²) < 4.78 is 0. The van der Waals surface area contributed by atoms with E-state index in [1.807, 2.05) is 0 Å². The lowest BCUT2D eigenvalue weighted by Gasteiger charge is -2.02. The third-order valence-corrected chi connectivity index (χ3v) is 4.05. The van der Waals surface area contributed by atoms with E-state index in [0.29, 0.717) is 0 Å².